The average Bonchev–Trinajstić information content (AvgIpc) is 2.72. The molecule has 0 heterocycles. The van der Waals surface area contributed by atoms with Crippen molar-refractivity contribution in [3.05, 3.63) is 94.5 Å². The van der Waals surface area contributed by atoms with Gasteiger partial charge < -0.3 is 14.6 Å². The van der Waals surface area contributed by atoms with E-state index >= 15 is 0 Å². The molecule has 3 aromatic rings. The van der Waals surface area contributed by atoms with Gasteiger partial charge >= 0.3 is 5.97 Å². The van der Waals surface area contributed by atoms with Crippen LogP contribution >= 0.6 is 11.6 Å². The Kier molecular flexibility index (Phi) is 6.35. The summed E-state index contributed by atoms with van der Waals surface area (Å²) in [6.45, 7) is 0.231. The molecule has 3 aromatic carbocycles. The molecular formula is C23H19ClO4. The summed E-state index contributed by atoms with van der Waals surface area (Å²) in [5.74, 6) is -0.0516. The molecule has 0 saturated carbocycles. The van der Waals surface area contributed by atoms with Crippen LogP contribution in [0.1, 0.15) is 16.7 Å². The zero-order valence-electron chi connectivity index (χ0n) is 15.3. The van der Waals surface area contributed by atoms with Gasteiger partial charge in [0.15, 0.2) is 11.5 Å². The number of rotatable bonds is 7. The number of hydrogen-bond donors (Lipinski definition) is 1. The molecule has 0 fully saturated rings. The lowest BCUT2D eigenvalue weighted by Crippen LogP contribution is -2.02. The first-order valence-electron chi connectivity index (χ1n) is 8.63. The molecule has 0 spiro atoms. The van der Waals surface area contributed by atoms with Crippen LogP contribution < -0.4 is 9.47 Å². The predicted octanol–water partition coefficient (Wildman–Crippen LogP) is 5.55. The summed E-state index contributed by atoms with van der Waals surface area (Å²) in [7, 11) is 1.54. The molecule has 0 bridgehead atoms. The van der Waals surface area contributed by atoms with E-state index in [1.54, 1.807) is 61.7 Å². The SMILES string of the molecule is COc1cccc(/C=C(\C(=O)O)c2ccccc2)c1OCc1ccccc1Cl. The molecule has 0 aliphatic heterocycles. The number of para-hydroxylation sites is 1. The molecule has 0 aromatic heterocycles. The lowest BCUT2D eigenvalue weighted by atomic mass is 10.0. The van der Waals surface area contributed by atoms with Crippen molar-refractivity contribution in [3.8, 4) is 11.5 Å². The van der Waals surface area contributed by atoms with E-state index < -0.39 is 5.97 Å². The molecule has 0 unspecified atom stereocenters. The Morgan fingerprint density at radius 1 is 1.00 bits per heavy atom. The largest absolute Gasteiger partial charge is 0.493 e. The van der Waals surface area contributed by atoms with E-state index in [2.05, 4.69) is 0 Å². The topological polar surface area (TPSA) is 55.8 Å². The summed E-state index contributed by atoms with van der Waals surface area (Å²) in [4.78, 5) is 11.8. The fraction of sp³-hybridized carbons (Fsp3) is 0.0870. The Balaban J connectivity index is 2.01. The third-order valence-electron chi connectivity index (χ3n) is 4.17. The minimum absolute atomic E-state index is 0.163. The zero-order valence-corrected chi connectivity index (χ0v) is 16.0. The van der Waals surface area contributed by atoms with Crippen molar-refractivity contribution in [2.24, 2.45) is 0 Å². The standard InChI is InChI=1S/C23H19ClO4/c1-27-21-13-7-11-17(14-19(23(25)26)16-8-3-2-4-9-16)22(21)28-15-18-10-5-6-12-20(18)24/h2-14H,15H2,1H3,(H,25,26)/b19-14-. The van der Waals surface area contributed by atoms with E-state index in [-0.39, 0.29) is 12.2 Å². The highest BCUT2D eigenvalue weighted by Gasteiger charge is 2.15. The van der Waals surface area contributed by atoms with Crippen LogP contribution in [0.3, 0.4) is 0 Å². The van der Waals surface area contributed by atoms with E-state index in [0.29, 0.717) is 27.6 Å². The molecule has 1 N–H and O–H groups in total. The van der Waals surface area contributed by atoms with Gasteiger partial charge in [0.25, 0.3) is 0 Å². The highest BCUT2D eigenvalue weighted by Crippen LogP contribution is 2.35. The molecule has 5 heteroatoms. The van der Waals surface area contributed by atoms with Crippen LogP contribution in [0.4, 0.5) is 0 Å². The Hall–Kier alpha value is -3.24. The highest BCUT2D eigenvalue weighted by molar-refractivity contribution is 6.31. The van der Waals surface area contributed by atoms with Gasteiger partial charge in [0.1, 0.15) is 6.61 Å². The molecule has 3 rings (SSSR count). The van der Waals surface area contributed by atoms with Crippen LogP contribution in [0.25, 0.3) is 11.6 Å². The van der Waals surface area contributed by atoms with Crippen molar-refractivity contribution in [2.75, 3.05) is 7.11 Å². The second-order valence-electron chi connectivity index (χ2n) is 5.99. The highest BCUT2D eigenvalue weighted by atomic mass is 35.5. The van der Waals surface area contributed by atoms with Gasteiger partial charge in [0.05, 0.1) is 12.7 Å². The Bertz CT molecular complexity index is 996. The Morgan fingerprint density at radius 3 is 2.39 bits per heavy atom. The van der Waals surface area contributed by atoms with Gasteiger partial charge in [0.2, 0.25) is 0 Å². The van der Waals surface area contributed by atoms with E-state index in [1.807, 2.05) is 24.3 Å². The number of carboxylic acid groups (broad SMARTS) is 1. The van der Waals surface area contributed by atoms with Gasteiger partial charge in [-0.2, -0.15) is 0 Å². The molecule has 0 aliphatic carbocycles. The summed E-state index contributed by atoms with van der Waals surface area (Å²) >= 11 is 6.21. The second kappa shape index (κ2) is 9.11. The first kappa shape index (κ1) is 19.5. The monoisotopic (exact) mass is 394 g/mol. The van der Waals surface area contributed by atoms with Crippen molar-refractivity contribution >= 4 is 29.2 Å². The summed E-state index contributed by atoms with van der Waals surface area (Å²) in [6, 6.07) is 21.7. The number of halogens is 1. The van der Waals surface area contributed by atoms with Gasteiger partial charge in [-0.1, -0.05) is 72.3 Å². The van der Waals surface area contributed by atoms with Crippen LogP contribution in [0.5, 0.6) is 11.5 Å². The maximum Gasteiger partial charge on any atom is 0.336 e. The van der Waals surface area contributed by atoms with Crippen molar-refractivity contribution in [1.29, 1.82) is 0 Å². The van der Waals surface area contributed by atoms with E-state index in [1.165, 1.54) is 0 Å². The van der Waals surface area contributed by atoms with Crippen LogP contribution in [0.2, 0.25) is 5.02 Å². The normalized spacial score (nSPS) is 11.1. The fourth-order valence-corrected chi connectivity index (χ4v) is 2.96. The summed E-state index contributed by atoms with van der Waals surface area (Å²) in [6.07, 6.45) is 1.59. The summed E-state index contributed by atoms with van der Waals surface area (Å²) < 4.78 is 11.4. The summed E-state index contributed by atoms with van der Waals surface area (Å²) in [5, 5.41) is 10.3. The quantitative estimate of drug-likeness (QED) is 0.421. The minimum Gasteiger partial charge on any atom is -0.493 e. The lowest BCUT2D eigenvalue weighted by molar-refractivity contribution is -0.130. The molecule has 0 radical (unpaired) electrons. The second-order valence-corrected chi connectivity index (χ2v) is 6.40. The number of carbonyl (C=O) groups is 1. The van der Waals surface area contributed by atoms with Gasteiger partial charge in [-0.25, -0.2) is 4.79 Å². The molecule has 0 aliphatic rings. The molecule has 0 atom stereocenters. The Labute approximate surface area is 168 Å². The number of carboxylic acids is 1. The van der Waals surface area contributed by atoms with Crippen molar-refractivity contribution in [2.45, 2.75) is 6.61 Å². The van der Waals surface area contributed by atoms with E-state index in [4.69, 9.17) is 21.1 Å². The maximum absolute atomic E-state index is 11.8. The zero-order chi connectivity index (χ0) is 19.9. The van der Waals surface area contributed by atoms with E-state index in [0.717, 1.165) is 5.56 Å². The third-order valence-corrected chi connectivity index (χ3v) is 4.54. The first-order chi connectivity index (χ1) is 13.6. The fourth-order valence-electron chi connectivity index (χ4n) is 2.77. The molecule has 0 amide bonds. The van der Waals surface area contributed by atoms with Gasteiger partial charge in [0, 0.05) is 16.1 Å². The van der Waals surface area contributed by atoms with Gasteiger partial charge in [-0.3, -0.25) is 0 Å². The smallest absolute Gasteiger partial charge is 0.336 e. The van der Waals surface area contributed by atoms with Crippen molar-refractivity contribution < 1.29 is 19.4 Å². The molecular weight excluding hydrogens is 376 g/mol. The van der Waals surface area contributed by atoms with Gasteiger partial charge in [-0.05, 0) is 23.8 Å². The first-order valence-corrected chi connectivity index (χ1v) is 9.01. The molecule has 4 nitrogen and oxygen atoms in total. The Morgan fingerprint density at radius 2 is 1.71 bits per heavy atom. The number of hydrogen-bond acceptors (Lipinski definition) is 3. The van der Waals surface area contributed by atoms with Gasteiger partial charge in [-0.15, -0.1) is 0 Å². The number of aliphatic carboxylic acids is 1. The number of benzene rings is 3. The van der Waals surface area contributed by atoms with Crippen LogP contribution in [0, 0.1) is 0 Å². The molecule has 142 valence electrons. The number of ether oxygens (including phenoxy) is 2. The van der Waals surface area contributed by atoms with Crippen molar-refractivity contribution in [1.82, 2.24) is 0 Å². The van der Waals surface area contributed by atoms with Crippen LogP contribution in [0.15, 0.2) is 72.8 Å². The molecule has 0 saturated heterocycles. The summed E-state index contributed by atoms with van der Waals surface area (Å²) in [5.41, 5.74) is 2.20. The van der Waals surface area contributed by atoms with Crippen LogP contribution in [-0.4, -0.2) is 18.2 Å². The lowest BCUT2D eigenvalue weighted by Gasteiger charge is -2.15. The third kappa shape index (κ3) is 4.53. The minimum atomic E-state index is -1.02. The number of methoxy groups -OCH3 is 1. The van der Waals surface area contributed by atoms with Crippen molar-refractivity contribution in [3.63, 3.8) is 0 Å². The van der Waals surface area contributed by atoms with Crippen LogP contribution in [-0.2, 0) is 11.4 Å². The average molecular weight is 395 g/mol. The maximum atomic E-state index is 11.8. The van der Waals surface area contributed by atoms with E-state index in [9.17, 15) is 9.90 Å². The predicted molar refractivity (Wildman–Crippen MR) is 111 cm³/mol. The molecule has 28 heavy (non-hydrogen) atoms.